The van der Waals surface area contributed by atoms with Crippen LogP contribution in [-0.2, 0) is 10.0 Å². The summed E-state index contributed by atoms with van der Waals surface area (Å²) in [7, 11) is -1.53. The van der Waals surface area contributed by atoms with Gasteiger partial charge in [0.15, 0.2) is 0 Å². The third-order valence-corrected chi connectivity index (χ3v) is 6.77. The maximum absolute atomic E-state index is 13.2. The number of nitrogens with zero attached hydrogens (tertiary/aromatic N) is 3. The van der Waals surface area contributed by atoms with Crippen LogP contribution >= 0.6 is 0 Å². The molecule has 0 N–H and O–H groups in total. The van der Waals surface area contributed by atoms with Crippen molar-refractivity contribution in [3.05, 3.63) is 53.7 Å². The highest BCUT2D eigenvalue weighted by atomic mass is 32.2. The Kier molecular flexibility index (Phi) is 5.11. The van der Waals surface area contributed by atoms with E-state index in [4.69, 9.17) is 0 Å². The summed E-state index contributed by atoms with van der Waals surface area (Å²) < 4.78 is 28.0. The van der Waals surface area contributed by atoms with Gasteiger partial charge in [-0.25, -0.2) is 13.4 Å². The van der Waals surface area contributed by atoms with Crippen LogP contribution in [0.5, 0.6) is 0 Å². The molecule has 0 unspecified atom stereocenters. The van der Waals surface area contributed by atoms with Crippen LogP contribution in [0.2, 0.25) is 0 Å². The van der Waals surface area contributed by atoms with Crippen LogP contribution in [0.3, 0.4) is 0 Å². The van der Waals surface area contributed by atoms with Crippen molar-refractivity contribution in [2.24, 2.45) is 0 Å². The largest absolute Gasteiger partial charge is 0.360 e. The standard InChI is InChI=1S/C19H25N3O2S/c1-4-21(3)19-17(7-5-13-20-19)18-8-6-14-22(18)25(23,24)16-11-9-15(2)10-12-16/h5,7,9-13,18H,4,6,8,14H2,1-3H3/t18-/m0/s1. The van der Waals surface area contributed by atoms with Gasteiger partial charge in [-0.1, -0.05) is 23.8 Å². The summed E-state index contributed by atoms with van der Waals surface area (Å²) in [4.78, 5) is 6.92. The summed E-state index contributed by atoms with van der Waals surface area (Å²) in [6.45, 7) is 5.39. The van der Waals surface area contributed by atoms with Crippen molar-refractivity contribution in [2.45, 2.75) is 37.6 Å². The summed E-state index contributed by atoms with van der Waals surface area (Å²) in [5.41, 5.74) is 2.04. The van der Waals surface area contributed by atoms with Crippen molar-refractivity contribution in [3.8, 4) is 0 Å². The zero-order valence-corrected chi connectivity index (χ0v) is 15.8. The molecule has 0 bridgehead atoms. The number of anilines is 1. The van der Waals surface area contributed by atoms with Crippen molar-refractivity contribution in [2.75, 3.05) is 25.0 Å². The number of hydrogen-bond donors (Lipinski definition) is 0. The number of rotatable bonds is 5. The predicted octanol–water partition coefficient (Wildman–Crippen LogP) is 3.37. The molecule has 0 radical (unpaired) electrons. The minimum atomic E-state index is -3.51. The van der Waals surface area contributed by atoms with E-state index in [0.29, 0.717) is 11.4 Å². The molecular formula is C19H25N3O2S. The topological polar surface area (TPSA) is 53.5 Å². The Hall–Kier alpha value is -1.92. The lowest BCUT2D eigenvalue weighted by molar-refractivity contribution is 0.396. The lowest BCUT2D eigenvalue weighted by Crippen LogP contribution is -2.32. The van der Waals surface area contributed by atoms with E-state index in [1.165, 1.54) is 0 Å². The molecule has 0 aliphatic carbocycles. The predicted molar refractivity (Wildman–Crippen MR) is 100 cm³/mol. The highest BCUT2D eigenvalue weighted by Crippen LogP contribution is 2.39. The summed E-state index contributed by atoms with van der Waals surface area (Å²) >= 11 is 0. The molecule has 25 heavy (non-hydrogen) atoms. The molecule has 1 aliphatic rings. The molecule has 1 aromatic carbocycles. The Bertz CT molecular complexity index is 834. The molecule has 1 atom stereocenters. The van der Waals surface area contributed by atoms with Gasteiger partial charge in [0.1, 0.15) is 5.82 Å². The van der Waals surface area contributed by atoms with E-state index in [1.54, 1.807) is 22.6 Å². The molecule has 3 rings (SSSR count). The molecular weight excluding hydrogens is 334 g/mol. The second kappa shape index (κ2) is 7.14. The summed E-state index contributed by atoms with van der Waals surface area (Å²) in [5, 5.41) is 0. The molecule has 1 aromatic heterocycles. The van der Waals surface area contributed by atoms with Crippen LogP contribution in [0.4, 0.5) is 5.82 Å². The van der Waals surface area contributed by atoms with Gasteiger partial charge in [0.25, 0.3) is 0 Å². The number of benzene rings is 1. The minimum absolute atomic E-state index is 0.163. The van der Waals surface area contributed by atoms with E-state index in [-0.39, 0.29) is 6.04 Å². The normalized spacial score (nSPS) is 18.4. The van der Waals surface area contributed by atoms with Crippen LogP contribution in [0.25, 0.3) is 0 Å². The minimum Gasteiger partial charge on any atom is -0.360 e. The lowest BCUT2D eigenvalue weighted by atomic mass is 10.1. The van der Waals surface area contributed by atoms with Crippen molar-refractivity contribution in [3.63, 3.8) is 0 Å². The maximum Gasteiger partial charge on any atom is 0.243 e. The average Bonchev–Trinajstić information content (AvgIpc) is 3.12. The summed E-state index contributed by atoms with van der Waals surface area (Å²) in [6, 6.07) is 10.8. The van der Waals surface area contributed by atoms with Gasteiger partial charge < -0.3 is 4.90 Å². The fourth-order valence-electron chi connectivity index (χ4n) is 3.32. The molecule has 1 fully saturated rings. The third kappa shape index (κ3) is 3.41. The van der Waals surface area contributed by atoms with Crippen LogP contribution in [0.15, 0.2) is 47.5 Å². The van der Waals surface area contributed by atoms with Crippen LogP contribution in [-0.4, -0.2) is 37.8 Å². The number of pyridine rings is 1. The Morgan fingerprint density at radius 1 is 1.24 bits per heavy atom. The van der Waals surface area contributed by atoms with E-state index in [2.05, 4.69) is 16.8 Å². The maximum atomic E-state index is 13.2. The highest BCUT2D eigenvalue weighted by molar-refractivity contribution is 7.89. The second-order valence-corrected chi connectivity index (χ2v) is 8.41. The summed E-state index contributed by atoms with van der Waals surface area (Å²) in [6.07, 6.45) is 3.44. The Morgan fingerprint density at radius 2 is 1.96 bits per heavy atom. The van der Waals surface area contributed by atoms with E-state index in [9.17, 15) is 8.42 Å². The first-order chi connectivity index (χ1) is 11.9. The molecule has 1 saturated heterocycles. The molecule has 0 saturated carbocycles. The second-order valence-electron chi connectivity index (χ2n) is 6.52. The Labute approximate surface area is 150 Å². The quantitative estimate of drug-likeness (QED) is 0.821. The van der Waals surface area contributed by atoms with Crippen LogP contribution < -0.4 is 4.90 Å². The van der Waals surface area contributed by atoms with Gasteiger partial charge in [0, 0.05) is 31.9 Å². The van der Waals surface area contributed by atoms with Crippen molar-refractivity contribution in [1.82, 2.24) is 9.29 Å². The molecule has 2 heterocycles. The molecule has 0 spiro atoms. The Morgan fingerprint density at radius 3 is 2.64 bits per heavy atom. The zero-order valence-electron chi connectivity index (χ0n) is 15.0. The SMILES string of the molecule is CCN(C)c1ncccc1[C@@H]1CCCN1S(=O)(=O)c1ccc(C)cc1. The molecule has 1 aliphatic heterocycles. The van der Waals surface area contributed by atoms with Gasteiger partial charge in [-0.3, -0.25) is 0 Å². The fourth-order valence-corrected chi connectivity index (χ4v) is 5.00. The first kappa shape index (κ1) is 17.9. The van der Waals surface area contributed by atoms with Gasteiger partial charge in [-0.2, -0.15) is 4.31 Å². The van der Waals surface area contributed by atoms with E-state index >= 15 is 0 Å². The molecule has 5 nitrogen and oxygen atoms in total. The molecule has 0 amide bonds. The third-order valence-electron chi connectivity index (χ3n) is 4.84. The first-order valence-corrected chi connectivity index (χ1v) is 10.1. The van der Waals surface area contributed by atoms with E-state index in [0.717, 1.165) is 36.3 Å². The summed E-state index contributed by atoms with van der Waals surface area (Å²) in [5.74, 6) is 0.862. The van der Waals surface area contributed by atoms with Gasteiger partial charge >= 0.3 is 0 Å². The highest BCUT2D eigenvalue weighted by Gasteiger charge is 2.37. The van der Waals surface area contributed by atoms with Gasteiger partial charge in [0.2, 0.25) is 10.0 Å². The molecule has 2 aromatic rings. The Balaban J connectivity index is 2.00. The van der Waals surface area contributed by atoms with Gasteiger partial charge in [-0.15, -0.1) is 0 Å². The van der Waals surface area contributed by atoms with E-state index in [1.807, 2.05) is 38.2 Å². The van der Waals surface area contributed by atoms with Gasteiger partial charge in [0.05, 0.1) is 10.9 Å². The molecule has 134 valence electrons. The zero-order chi connectivity index (χ0) is 18.0. The fraction of sp³-hybridized carbons (Fsp3) is 0.421. The van der Waals surface area contributed by atoms with Crippen LogP contribution in [0.1, 0.15) is 36.9 Å². The number of aryl methyl sites for hydroxylation is 1. The van der Waals surface area contributed by atoms with Crippen molar-refractivity contribution >= 4 is 15.8 Å². The van der Waals surface area contributed by atoms with Crippen molar-refractivity contribution < 1.29 is 8.42 Å². The number of aromatic nitrogens is 1. The monoisotopic (exact) mass is 359 g/mol. The number of sulfonamides is 1. The van der Waals surface area contributed by atoms with E-state index < -0.39 is 10.0 Å². The van der Waals surface area contributed by atoms with Crippen LogP contribution in [0, 0.1) is 6.92 Å². The average molecular weight is 359 g/mol. The van der Waals surface area contributed by atoms with Crippen molar-refractivity contribution in [1.29, 1.82) is 0 Å². The van der Waals surface area contributed by atoms with Gasteiger partial charge in [-0.05, 0) is 44.9 Å². The number of hydrogen-bond acceptors (Lipinski definition) is 4. The smallest absolute Gasteiger partial charge is 0.243 e. The molecule has 6 heteroatoms. The lowest BCUT2D eigenvalue weighted by Gasteiger charge is -2.28. The first-order valence-electron chi connectivity index (χ1n) is 8.69.